The van der Waals surface area contributed by atoms with E-state index in [0.717, 1.165) is 45.6 Å². The predicted octanol–water partition coefficient (Wildman–Crippen LogP) is 2.84. The second kappa shape index (κ2) is 6.48. The van der Waals surface area contributed by atoms with E-state index in [1.54, 1.807) is 0 Å². The normalized spacial score (nSPS) is 29.9. The van der Waals surface area contributed by atoms with E-state index in [2.05, 4.69) is 29.6 Å². The highest BCUT2D eigenvalue weighted by Crippen LogP contribution is 2.39. The first-order chi connectivity index (χ1) is 9.80. The van der Waals surface area contributed by atoms with Crippen molar-refractivity contribution in [2.45, 2.75) is 41.6 Å². The van der Waals surface area contributed by atoms with E-state index >= 15 is 0 Å². The highest BCUT2D eigenvalue weighted by Gasteiger charge is 2.41. The van der Waals surface area contributed by atoms with Gasteiger partial charge in [0.2, 0.25) is 0 Å². The Balaban J connectivity index is 1.59. The molecular formula is C16H23NO2S. The highest BCUT2D eigenvalue weighted by atomic mass is 32.2. The minimum absolute atomic E-state index is 0.0159. The summed E-state index contributed by atoms with van der Waals surface area (Å²) in [4.78, 5) is 1.37. The van der Waals surface area contributed by atoms with Crippen molar-refractivity contribution in [2.75, 3.05) is 26.9 Å². The molecular weight excluding hydrogens is 270 g/mol. The molecule has 4 heteroatoms. The molecule has 2 aliphatic rings. The Bertz CT molecular complexity index is 429. The second-order valence-electron chi connectivity index (χ2n) is 5.74. The van der Waals surface area contributed by atoms with Crippen LogP contribution in [0.15, 0.2) is 29.2 Å². The van der Waals surface area contributed by atoms with Crippen molar-refractivity contribution in [3.05, 3.63) is 29.8 Å². The molecule has 2 fully saturated rings. The quantitative estimate of drug-likeness (QED) is 0.925. The summed E-state index contributed by atoms with van der Waals surface area (Å²) >= 11 is 2.00. The number of nitrogens with one attached hydrogen (secondary N) is 1. The average Bonchev–Trinajstić information content (AvgIpc) is 2.89. The van der Waals surface area contributed by atoms with Gasteiger partial charge in [-0.15, -0.1) is 11.8 Å². The van der Waals surface area contributed by atoms with Crippen LogP contribution >= 0.6 is 11.8 Å². The van der Waals surface area contributed by atoms with E-state index in [1.165, 1.54) is 10.5 Å². The third-order valence-corrected chi connectivity index (χ3v) is 5.40. The molecule has 2 heterocycles. The van der Waals surface area contributed by atoms with E-state index < -0.39 is 0 Å². The summed E-state index contributed by atoms with van der Waals surface area (Å²) in [6.45, 7) is 3.45. The van der Waals surface area contributed by atoms with Crippen molar-refractivity contribution < 1.29 is 9.47 Å². The summed E-state index contributed by atoms with van der Waals surface area (Å²) in [5.74, 6) is 0. The summed E-state index contributed by atoms with van der Waals surface area (Å²) < 4.78 is 11.5. The van der Waals surface area contributed by atoms with Crippen LogP contribution in [0.2, 0.25) is 0 Å². The topological polar surface area (TPSA) is 30.5 Å². The van der Waals surface area contributed by atoms with Crippen LogP contribution in [0, 0.1) is 0 Å². The van der Waals surface area contributed by atoms with Crippen LogP contribution in [0.4, 0.5) is 0 Å². The van der Waals surface area contributed by atoms with Crippen molar-refractivity contribution in [2.24, 2.45) is 0 Å². The van der Waals surface area contributed by atoms with Crippen molar-refractivity contribution in [1.29, 1.82) is 0 Å². The van der Waals surface area contributed by atoms with Gasteiger partial charge in [-0.3, -0.25) is 0 Å². The maximum atomic E-state index is 6.00. The van der Waals surface area contributed by atoms with Crippen LogP contribution < -0.4 is 5.32 Å². The number of hydrogen-bond acceptors (Lipinski definition) is 4. The smallest absolute Gasteiger partial charge is 0.0947 e. The molecule has 2 saturated heterocycles. The van der Waals surface area contributed by atoms with Gasteiger partial charge < -0.3 is 14.8 Å². The first-order valence-corrected chi connectivity index (χ1v) is 8.30. The Labute approximate surface area is 125 Å². The highest BCUT2D eigenvalue weighted by molar-refractivity contribution is 8.00. The van der Waals surface area contributed by atoms with E-state index in [0.29, 0.717) is 5.25 Å². The largest absolute Gasteiger partial charge is 0.378 e. The number of rotatable bonds is 4. The van der Waals surface area contributed by atoms with Crippen molar-refractivity contribution >= 4 is 11.8 Å². The van der Waals surface area contributed by atoms with Crippen molar-refractivity contribution in [3.63, 3.8) is 0 Å². The lowest BCUT2D eigenvalue weighted by molar-refractivity contribution is -0.0769. The molecule has 2 aliphatic heterocycles. The fraction of sp³-hybridized carbons (Fsp3) is 0.625. The van der Waals surface area contributed by atoms with Gasteiger partial charge in [0, 0.05) is 36.3 Å². The molecule has 0 aliphatic carbocycles. The number of hydrogen-bond donors (Lipinski definition) is 1. The van der Waals surface area contributed by atoms with Crippen LogP contribution in [0.5, 0.6) is 0 Å². The van der Waals surface area contributed by atoms with Crippen LogP contribution in [-0.4, -0.2) is 37.7 Å². The Kier molecular flexibility index (Phi) is 4.66. The van der Waals surface area contributed by atoms with Gasteiger partial charge in [-0.05, 0) is 37.6 Å². The SMILES string of the molecule is CNCc1ccc(SC2CCOC3(CCOC3)C2)cc1. The lowest BCUT2D eigenvalue weighted by atomic mass is 9.93. The summed E-state index contributed by atoms with van der Waals surface area (Å²) in [5.41, 5.74) is 1.35. The number of benzene rings is 1. The number of ether oxygens (including phenoxy) is 2. The van der Waals surface area contributed by atoms with Gasteiger partial charge in [-0.1, -0.05) is 12.1 Å². The molecule has 20 heavy (non-hydrogen) atoms. The van der Waals surface area contributed by atoms with Crippen LogP contribution in [0.1, 0.15) is 24.8 Å². The first kappa shape index (κ1) is 14.4. The summed E-state index contributed by atoms with van der Waals surface area (Å²) in [6.07, 6.45) is 3.33. The third-order valence-electron chi connectivity index (χ3n) is 4.12. The molecule has 0 bridgehead atoms. The second-order valence-corrected chi connectivity index (χ2v) is 7.11. The Morgan fingerprint density at radius 2 is 2.15 bits per heavy atom. The minimum Gasteiger partial charge on any atom is -0.378 e. The molecule has 3 rings (SSSR count). The van der Waals surface area contributed by atoms with E-state index in [4.69, 9.17) is 9.47 Å². The zero-order chi connectivity index (χ0) is 13.8. The molecule has 0 amide bonds. The Morgan fingerprint density at radius 3 is 2.85 bits per heavy atom. The van der Waals surface area contributed by atoms with Gasteiger partial charge in [0.25, 0.3) is 0 Å². The molecule has 1 aromatic rings. The molecule has 3 nitrogen and oxygen atoms in total. The predicted molar refractivity (Wildman–Crippen MR) is 82.2 cm³/mol. The van der Waals surface area contributed by atoms with Crippen LogP contribution in [-0.2, 0) is 16.0 Å². The molecule has 2 unspecified atom stereocenters. The van der Waals surface area contributed by atoms with Gasteiger partial charge in [0.05, 0.1) is 12.2 Å². The summed E-state index contributed by atoms with van der Waals surface area (Å²) in [7, 11) is 1.98. The Hall–Kier alpha value is -0.550. The molecule has 0 aromatic heterocycles. The monoisotopic (exact) mass is 293 g/mol. The molecule has 1 aromatic carbocycles. The fourth-order valence-corrected chi connectivity index (χ4v) is 4.31. The Morgan fingerprint density at radius 1 is 1.30 bits per heavy atom. The van der Waals surface area contributed by atoms with Crippen molar-refractivity contribution in [3.8, 4) is 0 Å². The minimum atomic E-state index is 0.0159. The molecule has 0 saturated carbocycles. The molecule has 2 atom stereocenters. The first-order valence-electron chi connectivity index (χ1n) is 7.42. The average molecular weight is 293 g/mol. The summed E-state index contributed by atoms with van der Waals surface area (Å²) in [5, 5.41) is 3.83. The van der Waals surface area contributed by atoms with Crippen LogP contribution in [0.3, 0.4) is 0 Å². The van der Waals surface area contributed by atoms with Gasteiger partial charge in [-0.25, -0.2) is 0 Å². The van der Waals surface area contributed by atoms with E-state index in [1.807, 2.05) is 18.8 Å². The van der Waals surface area contributed by atoms with Gasteiger partial charge in [0.15, 0.2) is 0 Å². The zero-order valence-corrected chi connectivity index (χ0v) is 12.9. The number of thioether (sulfide) groups is 1. The van der Waals surface area contributed by atoms with E-state index in [-0.39, 0.29) is 5.60 Å². The molecule has 1 N–H and O–H groups in total. The maximum Gasteiger partial charge on any atom is 0.0947 e. The standard InChI is InChI=1S/C16H23NO2S/c1-17-11-13-2-4-14(5-3-13)20-15-6-8-19-16(10-15)7-9-18-12-16/h2-5,15,17H,6-12H2,1H3. The fourth-order valence-electron chi connectivity index (χ4n) is 3.03. The summed E-state index contributed by atoms with van der Waals surface area (Å²) in [6, 6.07) is 8.91. The zero-order valence-electron chi connectivity index (χ0n) is 12.1. The lowest BCUT2D eigenvalue weighted by Crippen LogP contribution is -2.41. The van der Waals surface area contributed by atoms with Gasteiger partial charge >= 0.3 is 0 Å². The van der Waals surface area contributed by atoms with Crippen molar-refractivity contribution in [1.82, 2.24) is 5.32 Å². The van der Waals surface area contributed by atoms with Crippen LogP contribution in [0.25, 0.3) is 0 Å². The van der Waals surface area contributed by atoms with Gasteiger partial charge in [-0.2, -0.15) is 0 Å². The maximum absolute atomic E-state index is 6.00. The van der Waals surface area contributed by atoms with E-state index in [9.17, 15) is 0 Å². The molecule has 1 spiro atoms. The molecule has 0 radical (unpaired) electrons. The third kappa shape index (κ3) is 3.37. The molecule has 110 valence electrons. The van der Waals surface area contributed by atoms with Gasteiger partial charge in [0.1, 0.15) is 0 Å². The lowest BCUT2D eigenvalue weighted by Gasteiger charge is -2.36.